The Bertz CT molecular complexity index is 685. The van der Waals surface area contributed by atoms with E-state index in [1.165, 1.54) is 18.4 Å². The maximum absolute atomic E-state index is 12.0. The summed E-state index contributed by atoms with van der Waals surface area (Å²) in [5, 5.41) is 0. The molecule has 104 valence electrons. The van der Waals surface area contributed by atoms with E-state index < -0.39 is 0 Å². The summed E-state index contributed by atoms with van der Waals surface area (Å²) in [5.74, 6) is 1.59. The quantitative estimate of drug-likeness (QED) is 0.915. The summed E-state index contributed by atoms with van der Waals surface area (Å²) in [6.07, 6.45) is 2.59. The van der Waals surface area contributed by atoms with Crippen molar-refractivity contribution in [1.29, 1.82) is 0 Å². The van der Waals surface area contributed by atoms with Gasteiger partial charge >= 0.3 is 0 Å². The van der Waals surface area contributed by atoms with Crippen molar-refractivity contribution in [3.63, 3.8) is 0 Å². The first-order valence-corrected chi connectivity index (χ1v) is 7.75. The maximum Gasteiger partial charge on any atom is 0.265 e. The van der Waals surface area contributed by atoms with Crippen LogP contribution in [0.3, 0.4) is 0 Å². The van der Waals surface area contributed by atoms with Crippen molar-refractivity contribution in [2.75, 3.05) is 0 Å². The number of aromatic amines is 1. The maximum atomic E-state index is 12.0. The molecule has 0 amide bonds. The first-order chi connectivity index (χ1) is 9.56. The van der Waals surface area contributed by atoms with Gasteiger partial charge in [0.25, 0.3) is 5.56 Å². The van der Waals surface area contributed by atoms with Gasteiger partial charge in [-0.05, 0) is 46.2 Å². The second-order valence-corrected chi connectivity index (χ2v) is 6.46. The lowest BCUT2D eigenvalue weighted by molar-refractivity contribution is 0.803. The summed E-state index contributed by atoms with van der Waals surface area (Å²) in [5.41, 5.74) is 3.03. The van der Waals surface area contributed by atoms with Crippen LogP contribution in [0.4, 0.5) is 0 Å². The van der Waals surface area contributed by atoms with Crippen molar-refractivity contribution in [2.45, 2.75) is 38.5 Å². The molecule has 1 aliphatic rings. The van der Waals surface area contributed by atoms with E-state index >= 15 is 0 Å². The van der Waals surface area contributed by atoms with Crippen LogP contribution in [0, 0.1) is 0 Å². The van der Waals surface area contributed by atoms with Crippen LogP contribution in [0.2, 0.25) is 0 Å². The molecule has 0 radical (unpaired) electrons. The number of nitrogens with zero attached hydrogens (tertiary/aromatic N) is 1. The van der Waals surface area contributed by atoms with Crippen LogP contribution in [-0.2, 0) is 0 Å². The average Bonchev–Trinajstić information content (AvgIpc) is 3.26. The second-order valence-electron chi connectivity index (χ2n) is 5.66. The highest BCUT2D eigenvalue weighted by Gasteiger charge is 2.23. The normalized spacial score (nSPS) is 14.8. The molecule has 2 aromatic rings. The molecule has 1 aliphatic carbocycles. The van der Waals surface area contributed by atoms with Crippen LogP contribution in [0.1, 0.15) is 49.8 Å². The van der Waals surface area contributed by atoms with Gasteiger partial charge in [0.05, 0.1) is 5.69 Å². The van der Waals surface area contributed by atoms with Gasteiger partial charge in [-0.1, -0.05) is 38.1 Å². The molecule has 1 N–H and O–H groups in total. The van der Waals surface area contributed by atoms with Gasteiger partial charge in [0.2, 0.25) is 0 Å². The van der Waals surface area contributed by atoms with E-state index in [2.05, 4.69) is 38.0 Å². The van der Waals surface area contributed by atoms with Gasteiger partial charge in [-0.2, -0.15) is 0 Å². The van der Waals surface area contributed by atoms with Crippen molar-refractivity contribution >= 4 is 15.9 Å². The van der Waals surface area contributed by atoms with Crippen LogP contribution >= 0.6 is 15.9 Å². The Kier molecular flexibility index (Phi) is 3.50. The molecule has 4 heteroatoms. The number of H-pyrrole nitrogens is 1. The van der Waals surface area contributed by atoms with E-state index in [1.54, 1.807) is 0 Å². The third kappa shape index (κ3) is 2.57. The number of hydrogen-bond donors (Lipinski definition) is 1. The Labute approximate surface area is 126 Å². The molecular weight excluding hydrogens is 316 g/mol. The summed E-state index contributed by atoms with van der Waals surface area (Å²) in [7, 11) is 0. The molecule has 3 nitrogen and oxygen atoms in total. The Morgan fingerprint density at radius 2 is 1.90 bits per heavy atom. The second kappa shape index (κ2) is 5.17. The number of hydrogen-bond acceptors (Lipinski definition) is 2. The van der Waals surface area contributed by atoms with Crippen molar-refractivity contribution in [1.82, 2.24) is 9.97 Å². The molecular formula is C16H17BrN2O. The molecule has 0 aliphatic heterocycles. The van der Waals surface area contributed by atoms with E-state index in [0.29, 0.717) is 10.3 Å². The highest BCUT2D eigenvalue weighted by molar-refractivity contribution is 9.10. The van der Waals surface area contributed by atoms with Crippen molar-refractivity contribution in [2.24, 2.45) is 0 Å². The molecule has 1 saturated carbocycles. The fourth-order valence-corrected chi connectivity index (χ4v) is 2.97. The number of aromatic nitrogens is 2. The number of benzene rings is 1. The third-order valence-electron chi connectivity index (χ3n) is 3.67. The van der Waals surface area contributed by atoms with Crippen LogP contribution in [-0.4, -0.2) is 9.97 Å². The molecule has 1 aromatic heterocycles. The standard InChI is InChI=1S/C16H17BrN2O/c1-9(2)14-13(17)16(20)19-15(18-14)12-7-5-11(6-8-12)10-3-4-10/h5-10H,3-4H2,1-2H3,(H,18,19,20). The molecule has 0 spiro atoms. The monoisotopic (exact) mass is 332 g/mol. The van der Waals surface area contributed by atoms with E-state index in [4.69, 9.17) is 0 Å². The first-order valence-electron chi connectivity index (χ1n) is 6.96. The lowest BCUT2D eigenvalue weighted by atomic mass is 10.1. The molecule has 0 atom stereocenters. The Morgan fingerprint density at radius 3 is 2.45 bits per heavy atom. The smallest absolute Gasteiger partial charge is 0.265 e. The van der Waals surface area contributed by atoms with Gasteiger partial charge in [0.15, 0.2) is 0 Å². The van der Waals surface area contributed by atoms with E-state index in [-0.39, 0.29) is 11.5 Å². The predicted octanol–water partition coefficient (Wildman–Crippen LogP) is 4.20. The Balaban J connectivity index is 2.02. The minimum Gasteiger partial charge on any atom is -0.306 e. The minimum absolute atomic E-state index is 0.120. The largest absolute Gasteiger partial charge is 0.306 e. The summed E-state index contributed by atoms with van der Waals surface area (Å²) in [6.45, 7) is 4.07. The van der Waals surface area contributed by atoms with Gasteiger partial charge < -0.3 is 4.98 Å². The van der Waals surface area contributed by atoms with Gasteiger partial charge in [-0.3, -0.25) is 4.79 Å². The van der Waals surface area contributed by atoms with Crippen LogP contribution in [0.15, 0.2) is 33.5 Å². The third-order valence-corrected chi connectivity index (χ3v) is 4.43. The Hall–Kier alpha value is -1.42. The topological polar surface area (TPSA) is 45.8 Å². The summed E-state index contributed by atoms with van der Waals surface area (Å²) in [6, 6.07) is 8.38. The molecule has 0 saturated heterocycles. The van der Waals surface area contributed by atoms with E-state index in [0.717, 1.165) is 17.2 Å². The van der Waals surface area contributed by atoms with Crippen molar-refractivity contribution in [3.05, 3.63) is 50.3 Å². The average molecular weight is 333 g/mol. The minimum atomic E-state index is -0.120. The summed E-state index contributed by atoms with van der Waals surface area (Å²) in [4.78, 5) is 19.4. The highest BCUT2D eigenvalue weighted by atomic mass is 79.9. The van der Waals surface area contributed by atoms with Gasteiger partial charge in [0.1, 0.15) is 10.3 Å². The van der Waals surface area contributed by atoms with Crippen molar-refractivity contribution < 1.29 is 0 Å². The lowest BCUT2D eigenvalue weighted by Gasteiger charge is -2.09. The fraction of sp³-hybridized carbons (Fsp3) is 0.375. The fourth-order valence-electron chi connectivity index (χ4n) is 2.33. The van der Waals surface area contributed by atoms with Gasteiger partial charge in [-0.15, -0.1) is 0 Å². The molecule has 1 heterocycles. The predicted molar refractivity (Wildman–Crippen MR) is 84.1 cm³/mol. The van der Waals surface area contributed by atoms with Gasteiger partial charge in [0, 0.05) is 5.56 Å². The number of rotatable bonds is 3. The zero-order valence-electron chi connectivity index (χ0n) is 11.6. The number of nitrogens with one attached hydrogen (secondary N) is 1. The van der Waals surface area contributed by atoms with Crippen LogP contribution in [0.5, 0.6) is 0 Å². The summed E-state index contributed by atoms with van der Waals surface area (Å²) < 4.78 is 0.533. The lowest BCUT2D eigenvalue weighted by Crippen LogP contribution is -2.14. The number of halogens is 1. The molecule has 3 rings (SSSR count). The van der Waals surface area contributed by atoms with Crippen molar-refractivity contribution in [3.8, 4) is 11.4 Å². The molecule has 0 bridgehead atoms. The highest BCUT2D eigenvalue weighted by Crippen LogP contribution is 2.40. The van der Waals surface area contributed by atoms with E-state index in [1.807, 2.05) is 26.0 Å². The van der Waals surface area contributed by atoms with E-state index in [9.17, 15) is 4.79 Å². The zero-order valence-corrected chi connectivity index (χ0v) is 13.2. The van der Waals surface area contributed by atoms with Crippen LogP contribution in [0.25, 0.3) is 11.4 Å². The summed E-state index contributed by atoms with van der Waals surface area (Å²) >= 11 is 3.32. The van der Waals surface area contributed by atoms with Gasteiger partial charge in [-0.25, -0.2) is 4.98 Å². The molecule has 1 aromatic carbocycles. The molecule has 20 heavy (non-hydrogen) atoms. The first kappa shape index (κ1) is 13.6. The zero-order chi connectivity index (χ0) is 14.3. The Morgan fingerprint density at radius 1 is 1.25 bits per heavy atom. The van der Waals surface area contributed by atoms with Crippen LogP contribution < -0.4 is 5.56 Å². The molecule has 0 unspecified atom stereocenters. The SMILES string of the molecule is CC(C)c1nc(-c2ccc(C3CC3)cc2)[nH]c(=O)c1Br. The molecule has 1 fully saturated rings.